The molecule has 1 saturated carbocycles. The summed E-state index contributed by atoms with van der Waals surface area (Å²) in [6.07, 6.45) is 3.42. The van der Waals surface area contributed by atoms with Gasteiger partial charge in [-0.3, -0.25) is 4.79 Å². The molecular weight excluding hydrogens is 340 g/mol. The Labute approximate surface area is 157 Å². The van der Waals surface area contributed by atoms with Gasteiger partial charge in [-0.2, -0.15) is 0 Å². The number of carbonyl (C=O) groups is 1. The average molecular weight is 358 g/mol. The van der Waals surface area contributed by atoms with Crippen molar-refractivity contribution in [2.24, 2.45) is 0 Å². The SMILES string of the molecule is O=C(Nc1ccc(-c2ccccc2)cn1)C1(c2ccc3c(c2)OCO3)CC1. The van der Waals surface area contributed by atoms with Gasteiger partial charge in [0.25, 0.3) is 0 Å². The minimum Gasteiger partial charge on any atom is -0.454 e. The molecule has 0 unspecified atom stereocenters. The van der Waals surface area contributed by atoms with Gasteiger partial charge in [0.2, 0.25) is 12.7 Å². The standard InChI is InChI=1S/C22H18N2O3/c25-21(22(10-11-22)17-7-8-18-19(12-17)27-14-26-18)24-20-9-6-16(13-23-20)15-4-2-1-3-5-15/h1-9,12-13H,10-11,14H2,(H,23,24,25). The number of fused-ring (bicyclic) bond motifs is 1. The Morgan fingerprint density at radius 2 is 1.74 bits per heavy atom. The zero-order valence-electron chi connectivity index (χ0n) is 14.6. The normalized spacial score (nSPS) is 16.0. The minimum atomic E-state index is -0.499. The summed E-state index contributed by atoms with van der Waals surface area (Å²) in [7, 11) is 0. The van der Waals surface area contributed by atoms with Crippen LogP contribution in [0.4, 0.5) is 5.82 Å². The fraction of sp³-hybridized carbons (Fsp3) is 0.182. The van der Waals surface area contributed by atoms with Gasteiger partial charge < -0.3 is 14.8 Å². The van der Waals surface area contributed by atoms with E-state index in [1.54, 1.807) is 6.20 Å². The smallest absolute Gasteiger partial charge is 0.236 e. The van der Waals surface area contributed by atoms with Crippen molar-refractivity contribution in [2.75, 3.05) is 12.1 Å². The predicted molar refractivity (Wildman–Crippen MR) is 102 cm³/mol. The third kappa shape index (κ3) is 2.81. The summed E-state index contributed by atoms with van der Waals surface area (Å²) in [4.78, 5) is 17.3. The van der Waals surface area contributed by atoms with Gasteiger partial charge in [-0.15, -0.1) is 0 Å². The lowest BCUT2D eigenvalue weighted by Gasteiger charge is -2.16. The van der Waals surface area contributed by atoms with Crippen molar-refractivity contribution in [3.8, 4) is 22.6 Å². The average Bonchev–Trinajstić information content (AvgIpc) is 3.40. The molecule has 5 rings (SSSR count). The summed E-state index contributed by atoms with van der Waals surface area (Å²) in [5.41, 5.74) is 2.58. The summed E-state index contributed by atoms with van der Waals surface area (Å²) in [5.74, 6) is 1.97. The first-order chi connectivity index (χ1) is 13.2. The summed E-state index contributed by atoms with van der Waals surface area (Å²) >= 11 is 0. The highest BCUT2D eigenvalue weighted by Gasteiger charge is 2.51. The zero-order valence-corrected chi connectivity index (χ0v) is 14.6. The molecule has 2 aliphatic rings. The van der Waals surface area contributed by atoms with Crippen molar-refractivity contribution in [3.63, 3.8) is 0 Å². The van der Waals surface area contributed by atoms with E-state index < -0.39 is 5.41 Å². The number of aromatic nitrogens is 1. The van der Waals surface area contributed by atoms with Crippen molar-refractivity contribution >= 4 is 11.7 Å². The number of anilines is 1. The lowest BCUT2D eigenvalue weighted by atomic mass is 9.94. The fourth-order valence-electron chi connectivity index (χ4n) is 3.47. The van der Waals surface area contributed by atoms with Crippen LogP contribution < -0.4 is 14.8 Å². The Morgan fingerprint density at radius 1 is 0.926 bits per heavy atom. The van der Waals surface area contributed by atoms with Crippen LogP contribution in [0.3, 0.4) is 0 Å². The van der Waals surface area contributed by atoms with E-state index in [1.165, 1.54) is 0 Å². The Morgan fingerprint density at radius 3 is 2.48 bits per heavy atom. The van der Waals surface area contributed by atoms with E-state index in [2.05, 4.69) is 10.3 Å². The number of ether oxygens (including phenoxy) is 2. The van der Waals surface area contributed by atoms with Gasteiger partial charge >= 0.3 is 0 Å². The first-order valence-electron chi connectivity index (χ1n) is 8.98. The van der Waals surface area contributed by atoms with E-state index >= 15 is 0 Å². The molecule has 0 atom stereocenters. The third-order valence-corrected chi connectivity index (χ3v) is 5.22. The highest BCUT2D eigenvalue weighted by molar-refractivity contribution is 6.01. The molecule has 0 spiro atoms. The van der Waals surface area contributed by atoms with Crippen LogP contribution in [-0.4, -0.2) is 17.7 Å². The molecule has 2 heterocycles. The number of nitrogens with one attached hydrogen (secondary N) is 1. The quantitative estimate of drug-likeness (QED) is 0.761. The highest BCUT2D eigenvalue weighted by Crippen LogP contribution is 2.51. The van der Waals surface area contributed by atoms with Gasteiger partial charge in [0.15, 0.2) is 11.5 Å². The first-order valence-corrected chi connectivity index (χ1v) is 8.98. The molecule has 5 nitrogen and oxygen atoms in total. The number of benzene rings is 2. The molecule has 5 heteroatoms. The number of amides is 1. The number of carbonyl (C=O) groups excluding carboxylic acids is 1. The maximum Gasteiger partial charge on any atom is 0.236 e. The van der Waals surface area contributed by atoms with Crippen LogP contribution >= 0.6 is 0 Å². The number of rotatable bonds is 4. The van der Waals surface area contributed by atoms with E-state index in [1.807, 2.05) is 60.7 Å². The fourth-order valence-corrected chi connectivity index (χ4v) is 3.47. The van der Waals surface area contributed by atoms with Crippen LogP contribution in [0.15, 0.2) is 66.9 Å². The number of hydrogen-bond donors (Lipinski definition) is 1. The van der Waals surface area contributed by atoms with E-state index in [0.29, 0.717) is 11.6 Å². The summed E-state index contributed by atoms with van der Waals surface area (Å²) in [6, 6.07) is 19.6. The van der Waals surface area contributed by atoms with Crippen LogP contribution in [0.25, 0.3) is 11.1 Å². The Hall–Kier alpha value is -3.34. The lowest BCUT2D eigenvalue weighted by Crippen LogP contribution is -2.28. The molecule has 1 fully saturated rings. The zero-order chi connectivity index (χ0) is 18.3. The highest BCUT2D eigenvalue weighted by atomic mass is 16.7. The molecule has 3 aromatic rings. The summed E-state index contributed by atoms with van der Waals surface area (Å²) in [5, 5.41) is 2.97. The molecule has 134 valence electrons. The van der Waals surface area contributed by atoms with Crippen LogP contribution in [-0.2, 0) is 10.2 Å². The second-order valence-electron chi connectivity index (χ2n) is 6.90. The molecule has 1 N–H and O–H groups in total. The maximum absolute atomic E-state index is 12.9. The largest absolute Gasteiger partial charge is 0.454 e. The van der Waals surface area contributed by atoms with Gasteiger partial charge in [0, 0.05) is 11.8 Å². The summed E-state index contributed by atoms with van der Waals surface area (Å²) < 4.78 is 10.8. The number of hydrogen-bond acceptors (Lipinski definition) is 4. The van der Waals surface area contributed by atoms with Crippen molar-refractivity contribution in [2.45, 2.75) is 18.3 Å². The molecule has 0 bridgehead atoms. The number of pyridine rings is 1. The van der Waals surface area contributed by atoms with Gasteiger partial charge in [-0.05, 0) is 48.2 Å². The van der Waals surface area contributed by atoms with Gasteiger partial charge in [-0.1, -0.05) is 36.4 Å². The van der Waals surface area contributed by atoms with Gasteiger partial charge in [0.05, 0.1) is 5.41 Å². The second kappa shape index (κ2) is 6.13. The predicted octanol–water partition coefficient (Wildman–Crippen LogP) is 4.15. The molecule has 0 radical (unpaired) electrons. The van der Waals surface area contributed by atoms with Crippen LogP contribution in [0.1, 0.15) is 18.4 Å². The molecule has 1 amide bonds. The van der Waals surface area contributed by atoms with E-state index in [0.717, 1.165) is 35.3 Å². The molecule has 1 aliphatic heterocycles. The van der Waals surface area contributed by atoms with Crippen LogP contribution in [0, 0.1) is 0 Å². The molecule has 0 saturated heterocycles. The van der Waals surface area contributed by atoms with Crippen LogP contribution in [0.5, 0.6) is 11.5 Å². The van der Waals surface area contributed by atoms with Crippen molar-refractivity contribution in [3.05, 3.63) is 72.4 Å². The number of nitrogens with zero attached hydrogens (tertiary/aromatic N) is 1. The monoisotopic (exact) mass is 358 g/mol. The second-order valence-corrected chi connectivity index (χ2v) is 6.90. The Bertz CT molecular complexity index is 996. The Balaban J connectivity index is 1.34. The van der Waals surface area contributed by atoms with Crippen molar-refractivity contribution < 1.29 is 14.3 Å². The first kappa shape index (κ1) is 15.9. The molecule has 27 heavy (non-hydrogen) atoms. The summed E-state index contributed by atoms with van der Waals surface area (Å²) in [6.45, 7) is 0.232. The molecular formula is C22H18N2O3. The lowest BCUT2D eigenvalue weighted by molar-refractivity contribution is -0.118. The topological polar surface area (TPSA) is 60.5 Å². The Kier molecular flexibility index (Phi) is 3.60. The van der Waals surface area contributed by atoms with Crippen LogP contribution in [0.2, 0.25) is 0 Å². The maximum atomic E-state index is 12.9. The molecule has 2 aromatic carbocycles. The minimum absolute atomic E-state index is 0.0265. The van der Waals surface area contributed by atoms with Crippen molar-refractivity contribution in [1.82, 2.24) is 4.98 Å². The molecule has 1 aliphatic carbocycles. The van der Waals surface area contributed by atoms with E-state index in [9.17, 15) is 4.79 Å². The van der Waals surface area contributed by atoms with Crippen molar-refractivity contribution in [1.29, 1.82) is 0 Å². The van der Waals surface area contributed by atoms with E-state index in [4.69, 9.17) is 9.47 Å². The third-order valence-electron chi connectivity index (χ3n) is 5.22. The molecule has 1 aromatic heterocycles. The van der Waals surface area contributed by atoms with Gasteiger partial charge in [-0.25, -0.2) is 4.98 Å². The van der Waals surface area contributed by atoms with Gasteiger partial charge in [0.1, 0.15) is 5.82 Å². The van der Waals surface area contributed by atoms with E-state index in [-0.39, 0.29) is 12.7 Å².